The predicted octanol–water partition coefficient (Wildman–Crippen LogP) is 0.946. The van der Waals surface area contributed by atoms with Gasteiger partial charge in [-0.25, -0.2) is 0 Å². The second-order valence-corrected chi connectivity index (χ2v) is 6.31. The van der Waals surface area contributed by atoms with Gasteiger partial charge in [0.2, 0.25) is 5.91 Å². The molecule has 7 nitrogen and oxygen atoms in total. The number of rotatable bonds is 7. The van der Waals surface area contributed by atoms with Crippen LogP contribution in [0.25, 0.3) is 0 Å². The molecule has 0 fully saturated rings. The molecule has 1 aromatic carbocycles. The Bertz CT molecular complexity index is 675. The van der Waals surface area contributed by atoms with Crippen molar-refractivity contribution in [3.63, 3.8) is 0 Å². The topological polar surface area (TPSA) is 119 Å². The fourth-order valence-corrected chi connectivity index (χ4v) is 3.25. The third kappa shape index (κ3) is 3.51. The number of ether oxygens (including phenoxy) is 1. The Morgan fingerprint density at radius 2 is 2.08 bits per heavy atom. The largest absolute Gasteiger partial charge is 0.480 e. The van der Waals surface area contributed by atoms with Crippen LogP contribution >= 0.6 is 0 Å². The number of hydrogen-bond acceptors (Lipinski definition) is 5. The molecule has 1 amide bonds. The first-order chi connectivity index (χ1) is 11.8. The molecule has 7 heteroatoms. The minimum absolute atomic E-state index is 0.206. The summed E-state index contributed by atoms with van der Waals surface area (Å²) < 4.78 is 5.25. The van der Waals surface area contributed by atoms with Crippen LogP contribution in [0.2, 0.25) is 0 Å². The maximum atomic E-state index is 12.5. The minimum atomic E-state index is -1.62. The Morgan fingerprint density at radius 3 is 2.68 bits per heavy atom. The number of amides is 1. The zero-order valence-electron chi connectivity index (χ0n) is 14.5. The second-order valence-electron chi connectivity index (χ2n) is 6.31. The molecule has 0 aromatic heterocycles. The van der Waals surface area contributed by atoms with Gasteiger partial charge in [-0.3, -0.25) is 19.7 Å². The Morgan fingerprint density at radius 1 is 1.40 bits per heavy atom. The third-order valence-corrected chi connectivity index (χ3v) is 4.70. The van der Waals surface area contributed by atoms with Crippen LogP contribution in [0, 0.1) is 5.92 Å². The van der Waals surface area contributed by atoms with E-state index < -0.39 is 35.3 Å². The SMILES string of the molecule is CCCCOC(=O)C(C)C1(C(N)=O)NC(C(=O)O)Cc2ccccc21. The average Bonchev–Trinajstić information content (AvgIpc) is 2.59. The summed E-state index contributed by atoms with van der Waals surface area (Å²) in [5, 5.41) is 12.3. The van der Waals surface area contributed by atoms with E-state index in [2.05, 4.69) is 5.32 Å². The zero-order valence-corrected chi connectivity index (χ0v) is 14.5. The maximum Gasteiger partial charge on any atom is 0.321 e. The summed E-state index contributed by atoms with van der Waals surface area (Å²) in [4.78, 5) is 36.5. The lowest BCUT2D eigenvalue weighted by atomic mass is 9.72. The van der Waals surface area contributed by atoms with E-state index in [1.165, 1.54) is 6.92 Å². The molecule has 25 heavy (non-hydrogen) atoms. The number of carbonyl (C=O) groups excluding carboxylic acids is 2. The van der Waals surface area contributed by atoms with Crippen LogP contribution in [0.15, 0.2) is 24.3 Å². The summed E-state index contributed by atoms with van der Waals surface area (Å²) in [6, 6.07) is 5.92. The summed E-state index contributed by atoms with van der Waals surface area (Å²) in [5.41, 5.74) is 5.26. The number of unbranched alkanes of at least 4 members (excludes halogenated alkanes) is 1. The molecule has 0 spiro atoms. The molecule has 0 saturated carbocycles. The molecule has 1 aliphatic heterocycles. The van der Waals surface area contributed by atoms with Gasteiger partial charge >= 0.3 is 11.9 Å². The number of carbonyl (C=O) groups is 3. The number of hydrogen-bond donors (Lipinski definition) is 3. The number of benzene rings is 1. The first-order valence-electron chi connectivity index (χ1n) is 8.40. The smallest absolute Gasteiger partial charge is 0.321 e. The number of esters is 1. The quantitative estimate of drug-likeness (QED) is 0.498. The molecule has 0 saturated heterocycles. The molecule has 1 aliphatic rings. The van der Waals surface area contributed by atoms with E-state index in [-0.39, 0.29) is 13.0 Å². The van der Waals surface area contributed by atoms with Gasteiger partial charge in [-0.2, -0.15) is 0 Å². The fraction of sp³-hybridized carbons (Fsp3) is 0.500. The van der Waals surface area contributed by atoms with Gasteiger partial charge < -0.3 is 15.6 Å². The highest BCUT2D eigenvalue weighted by atomic mass is 16.5. The third-order valence-electron chi connectivity index (χ3n) is 4.70. The number of nitrogens with two attached hydrogens (primary N) is 1. The van der Waals surface area contributed by atoms with Crippen molar-refractivity contribution in [3.05, 3.63) is 35.4 Å². The van der Waals surface area contributed by atoms with Crippen molar-refractivity contribution in [2.24, 2.45) is 11.7 Å². The average molecular weight is 348 g/mol. The van der Waals surface area contributed by atoms with Gasteiger partial charge in [0.15, 0.2) is 0 Å². The first-order valence-corrected chi connectivity index (χ1v) is 8.40. The van der Waals surface area contributed by atoms with Crippen LogP contribution in [-0.4, -0.2) is 35.6 Å². The normalized spacial score (nSPS) is 23.4. The predicted molar refractivity (Wildman–Crippen MR) is 90.6 cm³/mol. The Labute approximate surface area is 146 Å². The number of nitrogens with one attached hydrogen (secondary N) is 1. The van der Waals surface area contributed by atoms with Gasteiger partial charge in [-0.15, -0.1) is 0 Å². The van der Waals surface area contributed by atoms with Gasteiger partial charge in [-0.1, -0.05) is 37.6 Å². The molecule has 136 valence electrons. The monoisotopic (exact) mass is 348 g/mol. The molecule has 1 aromatic rings. The number of carboxylic acids is 1. The van der Waals surface area contributed by atoms with Gasteiger partial charge in [0.1, 0.15) is 11.6 Å². The zero-order chi connectivity index (χ0) is 18.6. The van der Waals surface area contributed by atoms with E-state index in [9.17, 15) is 19.5 Å². The summed E-state index contributed by atoms with van der Waals surface area (Å²) in [7, 11) is 0. The molecule has 0 aliphatic carbocycles. The fourth-order valence-electron chi connectivity index (χ4n) is 3.25. The van der Waals surface area contributed by atoms with Crippen LogP contribution < -0.4 is 11.1 Å². The minimum Gasteiger partial charge on any atom is -0.480 e. The van der Waals surface area contributed by atoms with Crippen molar-refractivity contribution in [2.45, 2.75) is 44.7 Å². The molecule has 0 radical (unpaired) electrons. The van der Waals surface area contributed by atoms with E-state index >= 15 is 0 Å². The van der Waals surface area contributed by atoms with Crippen molar-refractivity contribution < 1.29 is 24.2 Å². The highest BCUT2D eigenvalue weighted by Crippen LogP contribution is 2.37. The number of carboxylic acid groups (broad SMARTS) is 1. The van der Waals surface area contributed by atoms with Crippen LogP contribution in [0.5, 0.6) is 0 Å². The number of fused-ring (bicyclic) bond motifs is 1. The van der Waals surface area contributed by atoms with Gasteiger partial charge in [-0.05, 0) is 30.9 Å². The standard InChI is InChI=1S/C18H24N2O5/c1-3-4-9-25-16(23)11(2)18(17(19)24)13-8-6-5-7-12(13)10-14(20-18)15(21)22/h5-8,11,14,20H,3-4,9-10H2,1-2H3,(H2,19,24)(H,21,22). The lowest BCUT2D eigenvalue weighted by Crippen LogP contribution is -2.65. The van der Waals surface area contributed by atoms with Gasteiger partial charge in [0, 0.05) is 0 Å². The highest BCUT2D eigenvalue weighted by molar-refractivity contribution is 5.94. The summed E-state index contributed by atoms with van der Waals surface area (Å²) in [6.45, 7) is 3.75. The highest BCUT2D eigenvalue weighted by Gasteiger charge is 2.53. The van der Waals surface area contributed by atoms with E-state index in [0.29, 0.717) is 17.5 Å². The van der Waals surface area contributed by atoms with Crippen LogP contribution in [0.4, 0.5) is 0 Å². The van der Waals surface area contributed by atoms with E-state index in [0.717, 1.165) is 6.42 Å². The molecular weight excluding hydrogens is 324 g/mol. The lowest BCUT2D eigenvalue weighted by Gasteiger charge is -2.43. The van der Waals surface area contributed by atoms with Crippen molar-refractivity contribution in [2.75, 3.05) is 6.61 Å². The van der Waals surface area contributed by atoms with Crippen LogP contribution in [0.3, 0.4) is 0 Å². The van der Waals surface area contributed by atoms with Gasteiger partial charge in [0.05, 0.1) is 12.5 Å². The summed E-state index contributed by atoms with van der Waals surface area (Å²) in [5.74, 6) is -3.46. The number of aliphatic carboxylic acids is 1. The molecule has 4 N–H and O–H groups in total. The van der Waals surface area contributed by atoms with Crippen LogP contribution in [0.1, 0.15) is 37.8 Å². The van der Waals surface area contributed by atoms with E-state index in [1.54, 1.807) is 24.3 Å². The van der Waals surface area contributed by atoms with Crippen molar-refractivity contribution in [1.29, 1.82) is 0 Å². The molecule has 0 bridgehead atoms. The van der Waals surface area contributed by atoms with Crippen molar-refractivity contribution in [3.8, 4) is 0 Å². The van der Waals surface area contributed by atoms with Crippen molar-refractivity contribution in [1.82, 2.24) is 5.32 Å². The molecule has 3 unspecified atom stereocenters. The Kier molecular flexibility index (Phi) is 5.79. The summed E-state index contributed by atoms with van der Waals surface area (Å²) >= 11 is 0. The lowest BCUT2D eigenvalue weighted by molar-refractivity contribution is -0.156. The molecular formula is C18H24N2O5. The van der Waals surface area contributed by atoms with E-state index in [4.69, 9.17) is 10.5 Å². The first kappa shape index (κ1) is 18.9. The molecule has 2 rings (SSSR count). The summed E-state index contributed by atoms with van der Waals surface area (Å²) in [6.07, 6.45) is 1.78. The molecule has 1 heterocycles. The Hall–Kier alpha value is -2.41. The van der Waals surface area contributed by atoms with E-state index in [1.807, 2.05) is 6.92 Å². The van der Waals surface area contributed by atoms with Gasteiger partial charge in [0.25, 0.3) is 0 Å². The Balaban J connectivity index is 2.47. The maximum absolute atomic E-state index is 12.5. The van der Waals surface area contributed by atoms with Crippen molar-refractivity contribution >= 4 is 17.8 Å². The van der Waals surface area contributed by atoms with Crippen LogP contribution in [-0.2, 0) is 31.1 Å². The second kappa shape index (κ2) is 7.65. The number of primary amides is 1. The molecule has 3 atom stereocenters.